The Labute approximate surface area is 134 Å². The van der Waals surface area contributed by atoms with E-state index < -0.39 is 6.61 Å². The molecule has 23 heavy (non-hydrogen) atoms. The lowest BCUT2D eigenvalue weighted by atomic mass is 10.0. The lowest BCUT2D eigenvalue weighted by Crippen LogP contribution is -2.28. The number of rotatable bonds is 6. The monoisotopic (exact) mass is 319 g/mol. The van der Waals surface area contributed by atoms with Gasteiger partial charge in [-0.1, -0.05) is 42.8 Å². The Morgan fingerprint density at radius 1 is 1.17 bits per heavy atom. The predicted molar refractivity (Wildman–Crippen MR) is 84.8 cm³/mol. The van der Waals surface area contributed by atoms with Crippen molar-refractivity contribution >= 4 is 5.91 Å². The number of hydrogen-bond acceptors (Lipinski definition) is 2. The van der Waals surface area contributed by atoms with Crippen LogP contribution in [0.5, 0.6) is 5.75 Å². The van der Waals surface area contributed by atoms with E-state index in [2.05, 4.69) is 10.1 Å². The van der Waals surface area contributed by atoms with E-state index in [0.717, 1.165) is 17.5 Å². The van der Waals surface area contributed by atoms with Crippen LogP contribution >= 0.6 is 0 Å². The standard InChI is InChI=1S/C18H19F2NO2/c1-3-16(13-9-7-12(2)8-10-13)21-17(22)14-5-4-6-15(11-14)23-18(19)20/h4-11,16,18H,3H2,1-2H3,(H,21,22). The molecule has 0 spiro atoms. The quantitative estimate of drug-likeness (QED) is 0.852. The van der Waals surface area contributed by atoms with Crippen LogP contribution < -0.4 is 10.1 Å². The number of carbonyl (C=O) groups is 1. The normalized spacial score (nSPS) is 12.0. The number of alkyl halides is 2. The molecule has 2 rings (SSSR count). The van der Waals surface area contributed by atoms with Crippen molar-refractivity contribution in [3.8, 4) is 5.75 Å². The zero-order valence-electron chi connectivity index (χ0n) is 13.1. The van der Waals surface area contributed by atoms with Crippen molar-refractivity contribution in [2.24, 2.45) is 0 Å². The molecule has 0 aromatic heterocycles. The zero-order valence-corrected chi connectivity index (χ0v) is 13.1. The Balaban J connectivity index is 2.11. The molecular formula is C18H19F2NO2. The molecule has 0 aliphatic carbocycles. The smallest absolute Gasteiger partial charge is 0.387 e. The predicted octanol–water partition coefficient (Wildman–Crippen LogP) is 4.48. The van der Waals surface area contributed by atoms with E-state index in [1.54, 1.807) is 6.07 Å². The van der Waals surface area contributed by atoms with Crippen LogP contribution in [0.15, 0.2) is 48.5 Å². The molecule has 122 valence electrons. The van der Waals surface area contributed by atoms with Gasteiger partial charge >= 0.3 is 6.61 Å². The van der Waals surface area contributed by atoms with Gasteiger partial charge in [0.2, 0.25) is 0 Å². The molecule has 1 atom stereocenters. The van der Waals surface area contributed by atoms with Gasteiger partial charge in [0.25, 0.3) is 5.91 Å². The molecule has 1 N–H and O–H groups in total. The topological polar surface area (TPSA) is 38.3 Å². The number of aryl methyl sites for hydroxylation is 1. The van der Waals surface area contributed by atoms with Gasteiger partial charge in [0, 0.05) is 5.56 Å². The van der Waals surface area contributed by atoms with Crippen LogP contribution in [0.2, 0.25) is 0 Å². The summed E-state index contributed by atoms with van der Waals surface area (Å²) in [4.78, 5) is 12.3. The molecule has 0 saturated carbocycles. The molecule has 0 fully saturated rings. The van der Waals surface area contributed by atoms with E-state index in [1.165, 1.54) is 18.2 Å². The van der Waals surface area contributed by atoms with Crippen molar-refractivity contribution in [2.75, 3.05) is 0 Å². The van der Waals surface area contributed by atoms with Gasteiger partial charge in [0.1, 0.15) is 5.75 Å². The van der Waals surface area contributed by atoms with Crippen molar-refractivity contribution in [3.63, 3.8) is 0 Å². The van der Waals surface area contributed by atoms with Crippen LogP contribution in [0.25, 0.3) is 0 Å². The number of ether oxygens (including phenoxy) is 1. The van der Waals surface area contributed by atoms with Crippen molar-refractivity contribution in [1.82, 2.24) is 5.32 Å². The molecule has 0 bridgehead atoms. The van der Waals surface area contributed by atoms with Crippen LogP contribution in [-0.2, 0) is 0 Å². The summed E-state index contributed by atoms with van der Waals surface area (Å²) in [7, 11) is 0. The summed E-state index contributed by atoms with van der Waals surface area (Å²) in [6.07, 6.45) is 0.724. The Morgan fingerprint density at radius 3 is 2.48 bits per heavy atom. The minimum atomic E-state index is -2.91. The van der Waals surface area contributed by atoms with Gasteiger partial charge in [0.05, 0.1) is 6.04 Å². The average molecular weight is 319 g/mol. The highest BCUT2D eigenvalue weighted by Gasteiger charge is 2.15. The van der Waals surface area contributed by atoms with Gasteiger partial charge in [-0.25, -0.2) is 0 Å². The maximum absolute atomic E-state index is 12.3. The van der Waals surface area contributed by atoms with Gasteiger partial charge in [-0.3, -0.25) is 4.79 Å². The second-order valence-corrected chi connectivity index (χ2v) is 5.25. The van der Waals surface area contributed by atoms with E-state index >= 15 is 0 Å². The summed E-state index contributed by atoms with van der Waals surface area (Å²) >= 11 is 0. The molecule has 1 unspecified atom stereocenters. The van der Waals surface area contributed by atoms with Gasteiger partial charge in [-0.15, -0.1) is 0 Å². The lowest BCUT2D eigenvalue weighted by Gasteiger charge is -2.18. The summed E-state index contributed by atoms with van der Waals surface area (Å²) < 4.78 is 28.8. The number of halogens is 2. The van der Waals surface area contributed by atoms with Crippen LogP contribution in [0, 0.1) is 6.92 Å². The number of hydrogen-bond donors (Lipinski definition) is 1. The third-order valence-corrected chi connectivity index (χ3v) is 3.51. The van der Waals surface area contributed by atoms with Crippen molar-refractivity contribution in [2.45, 2.75) is 32.9 Å². The number of amides is 1. The molecule has 0 heterocycles. The highest BCUT2D eigenvalue weighted by atomic mass is 19.3. The summed E-state index contributed by atoms with van der Waals surface area (Å²) in [5, 5.41) is 2.92. The van der Waals surface area contributed by atoms with E-state index in [9.17, 15) is 13.6 Å². The maximum Gasteiger partial charge on any atom is 0.387 e. The SMILES string of the molecule is CCC(NC(=O)c1cccc(OC(F)F)c1)c1ccc(C)cc1. The third kappa shape index (κ3) is 4.77. The van der Waals surface area contributed by atoms with Gasteiger partial charge < -0.3 is 10.1 Å². The number of nitrogens with one attached hydrogen (secondary N) is 1. The zero-order chi connectivity index (χ0) is 16.8. The van der Waals surface area contributed by atoms with Crippen LogP contribution in [0.4, 0.5) is 8.78 Å². The highest BCUT2D eigenvalue weighted by molar-refractivity contribution is 5.94. The highest BCUT2D eigenvalue weighted by Crippen LogP contribution is 2.20. The van der Waals surface area contributed by atoms with E-state index in [-0.39, 0.29) is 23.3 Å². The fourth-order valence-electron chi connectivity index (χ4n) is 2.27. The second kappa shape index (κ2) is 7.72. The van der Waals surface area contributed by atoms with Crippen LogP contribution in [0.3, 0.4) is 0 Å². The first-order valence-corrected chi connectivity index (χ1v) is 7.42. The Bertz CT molecular complexity index is 656. The van der Waals surface area contributed by atoms with E-state index in [1.807, 2.05) is 38.1 Å². The third-order valence-electron chi connectivity index (χ3n) is 3.51. The van der Waals surface area contributed by atoms with Crippen molar-refractivity contribution in [1.29, 1.82) is 0 Å². The fraction of sp³-hybridized carbons (Fsp3) is 0.278. The molecule has 0 aliphatic heterocycles. The molecule has 5 heteroatoms. The molecule has 0 radical (unpaired) electrons. The summed E-state index contributed by atoms with van der Waals surface area (Å²) in [6, 6.07) is 13.6. The maximum atomic E-state index is 12.3. The molecule has 2 aromatic carbocycles. The molecular weight excluding hydrogens is 300 g/mol. The fourth-order valence-corrected chi connectivity index (χ4v) is 2.27. The molecule has 2 aromatic rings. The summed E-state index contributed by atoms with van der Waals surface area (Å²) in [5.74, 6) is -0.354. The molecule has 1 amide bonds. The minimum Gasteiger partial charge on any atom is -0.435 e. The first kappa shape index (κ1) is 16.9. The minimum absolute atomic E-state index is 0.0314. The largest absolute Gasteiger partial charge is 0.435 e. The summed E-state index contributed by atoms with van der Waals surface area (Å²) in [6.45, 7) is 1.06. The first-order valence-electron chi connectivity index (χ1n) is 7.42. The van der Waals surface area contributed by atoms with Gasteiger partial charge in [-0.05, 0) is 37.1 Å². The number of carbonyl (C=O) groups excluding carboxylic acids is 1. The Hall–Kier alpha value is -2.43. The second-order valence-electron chi connectivity index (χ2n) is 5.25. The average Bonchev–Trinajstić information content (AvgIpc) is 2.53. The number of benzene rings is 2. The lowest BCUT2D eigenvalue weighted by molar-refractivity contribution is -0.0498. The van der Waals surface area contributed by atoms with Crippen LogP contribution in [-0.4, -0.2) is 12.5 Å². The molecule has 0 saturated heterocycles. The molecule has 3 nitrogen and oxygen atoms in total. The van der Waals surface area contributed by atoms with Crippen LogP contribution in [0.1, 0.15) is 40.9 Å². The summed E-state index contributed by atoms with van der Waals surface area (Å²) in [5.41, 5.74) is 2.44. The van der Waals surface area contributed by atoms with Crippen molar-refractivity contribution in [3.05, 3.63) is 65.2 Å². The Morgan fingerprint density at radius 2 is 1.87 bits per heavy atom. The van der Waals surface area contributed by atoms with Crippen molar-refractivity contribution < 1.29 is 18.3 Å². The van der Waals surface area contributed by atoms with E-state index in [0.29, 0.717) is 0 Å². The van der Waals surface area contributed by atoms with Gasteiger partial charge in [0.15, 0.2) is 0 Å². The first-order chi connectivity index (χ1) is 11.0. The van der Waals surface area contributed by atoms with Gasteiger partial charge in [-0.2, -0.15) is 8.78 Å². The van der Waals surface area contributed by atoms with E-state index in [4.69, 9.17) is 0 Å². The molecule has 0 aliphatic rings. The Kier molecular flexibility index (Phi) is 5.68.